The molecule has 0 amide bonds. The molecule has 0 aliphatic carbocycles. The van der Waals surface area contributed by atoms with Crippen LogP contribution in [-0.4, -0.2) is 6.29 Å². The van der Waals surface area contributed by atoms with Crippen molar-refractivity contribution in [2.45, 2.75) is 27.7 Å². The molecule has 0 aliphatic rings. The molecule has 0 bridgehead atoms. The Morgan fingerprint density at radius 3 is 2.08 bits per heavy atom. The van der Waals surface area contributed by atoms with Gasteiger partial charge < -0.3 is 0 Å². The first-order valence-electron chi connectivity index (χ1n) is 4.10. The summed E-state index contributed by atoms with van der Waals surface area (Å²) in [6, 6.07) is 2.06. The number of carbonyl (C=O) groups is 1. The largest absolute Gasteiger partial charge is 0.298 e. The zero-order valence-corrected chi connectivity index (χ0v) is 8.06. The highest BCUT2D eigenvalue weighted by atomic mass is 16.1. The Morgan fingerprint density at radius 2 is 1.58 bits per heavy atom. The molecule has 1 aromatic rings. The van der Waals surface area contributed by atoms with Crippen LogP contribution in [0.25, 0.3) is 0 Å². The van der Waals surface area contributed by atoms with Gasteiger partial charge in [-0.3, -0.25) is 4.79 Å². The summed E-state index contributed by atoms with van der Waals surface area (Å²) in [5.74, 6) is 0. The third-order valence-electron chi connectivity index (χ3n) is 2.53. The minimum Gasteiger partial charge on any atom is -0.298 e. The van der Waals surface area contributed by atoms with Gasteiger partial charge >= 0.3 is 0 Å². The van der Waals surface area contributed by atoms with Crippen LogP contribution in [0.5, 0.6) is 0 Å². The molecule has 0 spiro atoms. The molecule has 1 aromatic carbocycles. The van der Waals surface area contributed by atoms with E-state index in [-0.39, 0.29) is 0 Å². The van der Waals surface area contributed by atoms with Crippen LogP contribution in [0.4, 0.5) is 0 Å². The first-order valence-corrected chi connectivity index (χ1v) is 4.10. The highest BCUT2D eigenvalue weighted by Gasteiger charge is 2.05. The maximum absolute atomic E-state index is 10.7. The van der Waals surface area contributed by atoms with Crippen LogP contribution in [0.1, 0.15) is 32.6 Å². The summed E-state index contributed by atoms with van der Waals surface area (Å²) >= 11 is 0. The second-order valence-electron chi connectivity index (χ2n) is 3.29. The second-order valence-corrected chi connectivity index (χ2v) is 3.29. The fraction of sp³-hybridized carbons (Fsp3) is 0.364. The third kappa shape index (κ3) is 1.27. The van der Waals surface area contributed by atoms with Gasteiger partial charge in [0.1, 0.15) is 0 Å². The summed E-state index contributed by atoms with van der Waals surface area (Å²) in [6.07, 6.45) is 0.942. The van der Waals surface area contributed by atoms with E-state index in [2.05, 4.69) is 19.9 Å². The van der Waals surface area contributed by atoms with Gasteiger partial charge in [0.25, 0.3) is 0 Å². The molecular weight excluding hydrogens is 148 g/mol. The SMILES string of the molecule is Cc1cc(C)c(C=O)c(C)c1C. The van der Waals surface area contributed by atoms with Crippen LogP contribution in [0.15, 0.2) is 6.07 Å². The van der Waals surface area contributed by atoms with Crippen molar-refractivity contribution in [1.29, 1.82) is 0 Å². The molecule has 12 heavy (non-hydrogen) atoms. The molecule has 0 saturated carbocycles. The molecule has 0 unspecified atom stereocenters. The standard InChI is InChI=1S/C11H14O/c1-7-5-8(2)11(6-12)10(4)9(7)3/h5-6H,1-4H3. The summed E-state index contributed by atoms with van der Waals surface area (Å²) in [6.45, 7) is 8.10. The van der Waals surface area contributed by atoms with E-state index >= 15 is 0 Å². The van der Waals surface area contributed by atoms with Crippen molar-refractivity contribution < 1.29 is 4.79 Å². The maximum atomic E-state index is 10.7. The molecule has 0 radical (unpaired) electrons. The highest BCUT2D eigenvalue weighted by Crippen LogP contribution is 2.19. The molecule has 0 fully saturated rings. The Balaban J connectivity index is 3.51. The molecule has 0 atom stereocenters. The molecular formula is C11H14O. The number of aryl methyl sites for hydroxylation is 2. The van der Waals surface area contributed by atoms with Crippen LogP contribution in [0.3, 0.4) is 0 Å². The van der Waals surface area contributed by atoms with Crippen LogP contribution < -0.4 is 0 Å². The Hall–Kier alpha value is -1.11. The second kappa shape index (κ2) is 3.10. The maximum Gasteiger partial charge on any atom is 0.150 e. The van der Waals surface area contributed by atoms with Crippen LogP contribution in [0.2, 0.25) is 0 Å². The van der Waals surface area contributed by atoms with E-state index in [1.807, 2.05) is 13.8 Å². The van der Waals surface area contributed by atoms with Crippen molar-refractivity contribution in [2.75, 3.05) is 0 Å². The minimum atomic E-state index is 0.845. The van der Waals surface area contributed by atoms with Gasteiger partial charge in [-0.2, -0.15) is 0 Å². The van der Waals surface area contributed by atoms with E-state index in [0.717, 1.165) is 23.0 Å². The van der Waals surface area contributed by atoms with Crippen LogP contribution >= 0.6 is 0 Å². The normalized spacial score (nSPS) is 10.0. The van der Waals surface area contributed by atoms with E-state index < -0.39 is 0 Å². The van der Waals surface area contributed by atoms with E-state index in [0.29, 0.717) is 0 Å². The Morgan fingerprint density at radius 1 is 1.00 bits per heavy atom. The fourth-order valence-electron chi connectivity index (χ4n) is 1.49. The summed E-state index contributed by atoms with van der Waals surface area (Å²) in [4.78, 5) is 10.7. The first kappa shape index (κ1) is 8.98. The van der Waals surface area contributed by atoms with Crippen LogP contribution in [0, 0.1) is 27.7 Å². The lowest BCUT2D eigenvalue weighted by molar-refractivity contribution is 0.112. The number of hydrogen-bond donors (Lipinski definition) is 0. The topological polar surface area (TPSA) is 17.1 Å². The van der Waals surface area contributed by atoms with Gasteiger partial charge in [0.15, 0.2) is 6.29 Å². The van der Waals surface area contributed by atoms with Crippen molar-refractivity contribution in [2.24, 2.45) is 0 Å². The van der Waals surface area contributed by atoms with E-state index in [1.54, 1.807) is 0 Å². The number of hydrogen-bond acceptors (Lipinski definition) is 1. The molecule has 1 nitrogen and oxygen atoms in total. The van der Waals surface area contributed by atoms with Gasteiger partial charge in [-0.15, -0.1) is 0 Å². The van der Waals surface area contributed by atoms with E-state index in [4.69, 9.17) is 0 Å². The van der Waals surface area contributed by atoms with Gasteiger partial charge in [0.2, 0.25) is 0 Å². The molecule has 64 valence electrons. The summed E-state index contributed by atoms with van der Waals surface area (Å²) in [7, 11) is 0. The molecule has 1 heteroatoms. The lowest BCUT2D eigenvalue weighted by Crippen LogP contribution is -1.96. The molecule has 0 aliphatic heterocycles. The van der Waals surface area contributed by atoms with Gasteiger partial charge in [-0.1, -0.05) is 6.07 Å². The van der Waals surface area contributed by atoms with Crippen molar-refractivity contribution in [3.05, 3.63) is 33.9 Å². The lowest BCUT2D eigenvalue weighted by Gasteiger charge is -2.09. The number of rotatable bonds is 1. The summed E-state index contributed by atoms with van der Waals surface area (Å²) in [5.41, 5.74) is 5.52. The van der Waals surface area contributed by atoms with Crippen molar-refractivity contribution >= 4 is 6.29 Å². The van der Waals surface area contributed by atoms with Gasteiger partial charge in [0, 0.05) is 5.56 Å². The average molecular weight is 162 g/mol. The number of benzene rings is 1. The molecule has 0 heterocycles. The van der Waals surface area contributed by atoms with Gasteiger partial charge in [-0.05, 0) is 49.9 Å². The minimum absolute atomic E-state index is 0.845. The number of carbonyl (C=O) groups excluding carboxylic acids is 1. The lowest BCUT2D eigenvalue weighted by atomic mass is 9.95. The zero-order valence-electron chi connectivity index (χ0n) is 8.06. The predicted octanol–water partition coefficient (Wildman–Crippen LogP) is 2.73. The Labute approximate surface area is 73.4 Å². The van der Waals surface area contributed by atoms with Crippen molar-refractivity contribution in [3.8, 4) is 0 Å². The number of aldehydes is 1. The average Bonchev–Trinajstić information content (AvgIpc) is 2.01. The molecule has 0 aromatic heterocycles. The smallest absolute Gasteiger partial charge is 0.150 e. The first-order chi connectivity index (χ1) is 5.57. The van der Waals surface area contributed by atoms with Crippen molar-refractivity contribution in [1.82, 2.24) is 0 Å². The zero-order chi connectivity index (χ0) is 9.30. The van der Waals surface area contributed by atoms with Gasteiger partial charge in [0.05, 0.1) is 0 Å². The molecule has 0 saturated heterocycles. The van der Waals surface area contributed by atoms with Gasteiger partial charge in [-0.25, -0.2) is 0 Å². The van der Waals surface area contributed by atoms with Crippen molar-refractivity contribution in [3.63, 3.8) is 0 Å². The Kier molecular flexibility index (Phi) is 2.32. The summed E-state index contributed by atoms with van der Waals surface area (Å²) < 4.78 is 0. The Bertz CT molecular complexity index is 324. The molecule has 1 rings (SSSR count). The predicted molar refractivity (Wildman–Crippen MR) is 50.8 cm³/mol. The molecule has 0 N–H and O–H groups in total. The fourth-order valence-corrected chi connectivity index (χ4v) is 1.49. The third-order valence-corrected chi connectivity index (χ3v) is 2.53. The monoisotopic (exact) mass is 162 g/mol. The summed E-state index contributed by atoms with van der Waals surface area (Å²) in [5, 5.41) is 0. The van der Waals surface area contributed by atoms with E-state index in [1.165, 1.54) is 11.1 Å². The highest BCUT2D eigenvalue weighted by molar-refractivity contribution is 5.80. The van der Waals surface area contributed by atoms with E-state index in [9.17, 15) is 4.79 Å². The quantitative estimate of drug-likeness (QED) is 0.580. The van der Waals surface area contributed by atoms with Crippen LogP contribution in [-0.2, 0) is 0 Å².